The first kappa shape index (κ1) is 16.9. The summed E-state index contributed by atoms with van der Waals surface area (Å²) in [7, 11) is 0. The zero-order chi connectivity index (χ0) is 17.6. The Bertz CT molecular complexity index is 828. The number of aromatic nitrogens is 3. The molecule has 0 aliphatic rings. The van der Waals surface area contributed by atoms with E-state index in [0.29, 0.717) is 12.1 Å². The standard InChI is InChI=1S/C19H20N4O2/c1-13-7-9-14(10-8-13)11-16(12-24)20-19(25)18-17(21-23-22-18)15-5-3-2-4-6-15/h2-10,16,24H,11-12H2,1H3,(H,20,25)(H,21,22,23). The van der Waals surface area contributed by atoms with Crippen molar-refractivity contribution >= 4 is 5.91 Å². The quantitative estimate of drug-likeness (QED) is 0.643. The largest absolute Gasteiger partial charge is 0.394 e. The fourth-order valence-electron chi connectivity index (χ4n) is 2.61. The van der Waals surface area contributed by atoms with E-state index in [-0.39, 0.29) is 18.2 Å². The zero-order valence-electron chi connectivity index (χ0n) is 13.9. The van der Waals surface area contributed by atoms with Crippen LogP contribution in [0.1, 0.15) is 21.6 Å². The van der Waals surface area contributed by atoms with Crippen LogP contribution >= 0.6 is 0 Å². The number of nitrogens with one attached hydrogen (secondary N) is 2. The lowest BCUT2D eigenvalue weighted by Crippen LogP contribution is -2.39. The third-order valence-electron chi connectivity index (χ3n) is 3.97. The molecule has 6 nitrogen and oxygen atoms in total. The highest BCUT2D eigenvalue weighted by molar-refractivity contribution is 5.98. The van der Waals surface area contributed by atoms with Gasteiger partial charge < -0.3 is 10.4 Å². The average Bonchev–Trinajstić information content (AvgIpc) is 3.13. The number of amides is 1. The minimum Gasteiger partial charge on any atom is -0.394 e. The maximum atomic E-state index is 12.6. The highest BCUT2D eigenvalue weighted by atomic mass is 16.3. The predicted octanol–water partition coefficient (Wildman–Crippen LogP) is 2.11. The number of benzene rings is 2. The normalized spacial score (nSPS) is 11.9. The van der Waals surface area contributed by atoms with E-state index in [9.17, 15) is 9.90 Å². The SMILES string of the molecule is Cc1ccc(CC(CO)NC(=O)c2n[nH]nc2-c2ccccc2)cc1. The smallest absolute Gasteiger partial charge is 0.274 e. The lowest BCUT2D eigenvalue weighted by atomic mass is 10.0. The minimum atomic E-state index is -0.393. The fraction of sp³-hybridized carbons (Fsp3) is 0.211. The third-order valence-corrected chi connectivity index (χ3v) is 3.97. The van der Waals surface area contributed by atoms with E-state index >= 15 is 0 Å². The van der Waals surface area contributed by atoms with Crippen LogP contribution in [0.5, 0.6) is 0 Å². The van der Waals surface area contributed by atoms with Crippen LogP contribution in [0.2, 0.25) is 0 Å². The van der Waals surface area contributed by atoms with E-state index in [2.05, 4.69) is 20.7 Å². The molecule has 0 saturated heterocycles. The number of aliphatic hydroxyl groups is 1. The lowest BCUT2D eigenvalue weighted by Gasteiger charge is -2.16. The molecule has 128 valence electrons. The van der Waals surface area contributed by atoms with Crippen molar-refractivity contribution in [1.29, 1.82) is 0 Å². The van der Waals surface area contributed by atoms with E-state index in [4.69, 9.17) is 0 Å². The van der Waals surface area contributed by atoms with Gasteiger partial charge in [0, 0.05) is 5.56 Å². The molecule has 2 aromatic carbocycles. The topological polar surface area (TPSA) is 90.9 Å². The Labute approximate surface area is 145 Å². The van der Waals surface area contributed by atoms with Crippen LogP contribution < -0.4 is 5.32 Å². The molecule has 1 unspecified atom stereocenters. The van der Waals surface area contributed by atoms with E-state index in [0.717, 1.165) is 11.1 Å². The number of rotatable bonds is 6. The average molecular weight is 336 g/mol. The van der Waals surface area contributed by atoms with Gasteiger partial charge in [-0.05, 0) is 18.9 Å². The highest BCUT2D eigenvalue weighted by Crippen LogP contribution is 2.19. The lowest BCUT2D eigenvalue weighted by molar-refractivity contribution is 0.0912. The van der Waals surface area contributed by atoms with Crippen LogP contribution in [0, 0.1) is 6.92 Å². The van der Waals surface area contributed by atoms with Crippen LogP contribution in [0.25, 0.3) is 11.3 Å². The fourth-order valence-corrected chi connectivity index (χ4v) is 2.61. The molecule has 6 heteroatoms. The number of aromatic amines is 1. The van der Waals surface area contributed by atoms with Gasteiger partial charge in [-0.15, -0.1) is 0 Å². The van der Waals surface area contributed by atoms with Crippen LogP contribution in [0.15, 0.2) is 54.6 Å². The van der Waals surface area contributed by atoms with Gasteiger partial charge in [0.2, 0.25) is 0 Å². The summed E-state index contributed by atoms with van der Waals surface area (Å²) >= 11 is 0. The number of aryl methyl sites for hydroxylation is 1. The Hall–Kier alpha value is -2.99. The Morgan fingerprint density at radius 3 is 2.52 bits per heavy atom. The van der Waals surface area contributed by atoms with Gasteiger partial charge >= 0.3 is 0 Å². The molecular weight excluding hydrogens is 316 g/mol. The number of hydrogen-bond donors (Lipinski definition) is 3. The van der Waals surface area contributed by atoms with Gasteiger partial charge in [0.15, 0.2) is 5.69 Å². The van der Waals surface area contributed by atoms with Crippen molar-refractivity contribution in [3.05, 3.63) is 71.4 Å². The van der Waals surface area contributed by atoms with Crippen LogP contribution in [0.4, 0.5) is 0 Å². The molecule has 25 heavy (non-hydrogen) atoms. The van der Waals surface area contributed by atoms with Crippen molar-refractivity contribution < 1.29 is 9.90 Å². The Balaban J connectivity index is 1.73. The molecule has 1 heterocycles. The highest BCUT2D eigenvalue weighted by Gasteiger charge is 2.20. The summed E-state index contributed by atoms with van der Waals surface area (Å²) in [6, 6.07) is 17.0. The molecule has 0 spiro atoms. The number of nitrogens with zero attached hydrogens (tertiary/aromatic N) is 2. The van der Waals surface area contributed by atoms with Gasteiger partial charge in [-0.2, -0.15) is 15.4 Å². The van der Waals surface area contributed by atoms with Crippen LogP contribution in [-0.2, 0) is 6.42 Å². The summed E-state index contributed by atoms with van der Waals surface area (Å²) in [5.74, 6) is -0.362. The zero-order valence-corrected chi connectivity index (χ0v) is 13.9. The van der Waals surface area contributed by atoms with Crippen LogP contribution in [-0.4, -0.2) is 39.1 Å². The number of hydrogen-bond acceptors (Lipinski definition) is 4. The molecule has 3 aromatic rings. The Morgan fingerprint density at radius 2 is 1.84 bits per heavy atom. The third kappa shape index (κ3) is 4.10. The Morgan fingerprint density at radius 1 is 1.12 bits per heavy atom. The van der Waals surface area contributed by atoms with Crippen molar-refractivity contribution in [2.24, 2.45) is 0 Å². The van der Waals surface area contributed by atoms with Gasteiger partial charge in [-0.3, -0.25) is 4.79 Å². The van der Waals surface area contributed by atoms with E-state index in [1.54, 1.807) is 0 Å². The van der Waals surface area contributed by atoms with Gasteiger partial charge in [-0.1, -0.05) is 60.2 Å². The van der Waals surface area contributed by atoms with Crippen molar-refractivity contribution in [1.82, 2.24) is 20.7 Å². The van der Waals surface area contributed by atoms with Crippen LogP contribution in [0.3, 0.4) is 0 Å². The summed E-state index contributed by atoms with van der Waals surface area (Å²) in [6.45, 7) is 1.86. The van der Waals surface area contributed by atoms with Crippen molar-refractivity contribution in [2.75, 3.05) is 6.61 Å². The number of carbonyl (C=O) groups excluding carboxylic acids is 1. The first-order valence-corrected chi connectivity index (χ1v) is 8.11. The van der Waals surface area contributed by atoms with Gasteiger partial charge in [-0.25, -0.2) is 0 Å². The molecule has 0 bridgehead atoms. The predicted molar refractivity (Wildman–Crippen MR) is 95.0 cm³/mol. The van der Waals surface area contributed by atoms with E-state index in [1.807, 2.05) is 61.5 Å². The van der Waals surface area contributed by atoms with Gasteiger partial charge in [0.25, 0.3) is 5.91 Å². The van der Waals surface area contributed by atoms with E-state index in [1.165, 1.54) is 5.56 Å². The summed E-state index contributed by atoms with van der Waals surface area (Å²) in [4.78, 5) is 12.6. The van der Waals surface area contributed by atoms with Gasteiger partial charge in [0.05, 0.1) is 12.6 Å². The minimum absolute atomic E-state index is 0.155. The number of carbonyl (C=O) groups is 1. The maximum Gasteiger partial charge on any atom is 0.274 e. The maximum absolute atomic E-state index is 12.6. The van der Waals surface area contributed by atoms with Crippen molar-refractivity contribution in [3.8, 4) is 11.3 Å². The molecule has 1 aromatic heterocycles. The second-order valence-electron chi connectivity index (χ2n) is 5.93. The molecule has 0 aliphatic carbocycles. The molecule has 0 radical (unpaired) electrons. The van der Waals surface area contributed by atoms with E-state index < -0.39 is 6.04 Å². The molecule has 0 aliphatic heterocycles. The number of H-pyrrole nitrogens is 1. The van der Waals surface area contributed by atoms with Crippen molar-refractivity contribution in [2.45, 2.75) is 19.4 Å². The summed E-state index contributed by atoms with van der Waals surface area (Å²) in [6.07, 6.45) is 0.543. The first-order chi connectivity index (χ1) is 12.2. The Kier molecular flexibility index (Phi) is 5.20. The van der Waals surface area contributed by atoms with Crippen molar-refractivity contribution in [3.63, 3.8) is 0 Å². The van der Waals surface area contributed by atoms with Gasteiger partial charge in [0.1, 0.15) is 5.69 Å². The molecular formula is C19H20N4O2. The molecule has 3 N–H and O–H groups in total. The molecule has 0 fully saturated rings. The second-order valence-corrected chi connectivity index (χ2v) is 5.93. The monoisotopic (exact) mass is 336 g/mol. The second kappa shape index (κ2) is 7.72. The first-order valence-electron chi connectivity index (χ1n) is 8.11. The molecule has 3 rings (SSSR count). The molecule has 1 amide bonds. The number of aliphatic hydroxyl groups excluding tert-OH is 1. The summed E-state index contributed by atoms with van der Waals surface area (Å²) < 4.78 is 0. The molecule has 1 atom stereocenters. The summed E-state index contributed by atoms with van der Waals surface area (Å²) in [5, 5.41) is 23.0. The molecule has 0 saturated carbocycles. The summed E-state index contributed by atoms with van der Waals surface area (Å²) in [5.41, 5.74) is 3.73.